The summed E-state index contributed by atoms with van der Waals surface area (Å²) in [6.45, 7) is 1.67. The highest BCUT2D eigenvalue weighted by atomic mass is 32.1. The maximum atomic E-state index is 11.3. The predicted octanol–water partition coefficient (Wildman–Crippen LogP) is 3.09. The van der Waals surface area contributed by atoms with E-state index < -0.39 is 17.7 Å². The Morgan fingerprint density at radius 1 is 1.18 bits per heavy atom. The fourth-order valence-electron chi connectivity index (χ4n) is 4.34. The number of benzene rings is 1. The maximum Gasteiger partial charge on any atom is 0.231 e. The molecule has 0 aliphatic heterocycles. The van der Waals surface area contributed by atoms with E-state index in [4.69, 9.17) is 15.0 Å². The minimum atomic E-state index is -1.64. The first-order chi connectivity index (χ1) is 16.4. The standard InChI is InChI=1S/C24H26N6O3S/c1-14-19(22-27-17-12-25-11-9-18(17)34-22)21(29-24(33)10-8-15(13-31)20(24)32)28-23(26-14)30(2)16-6-4-3-5-7-16/h3-7,9,11-12,15,20,31-33H,8,10,13H2,1-2H3,(H,26,28,29)/t15-,20-,24-/m1/s1. The van der Waals surface area contributed by atoms with Crippen LogP contribution in [0.2, 0.25) is 0 Å². The summed E-state index contributed by atoms with van der Waals surface area (Å²) in [7, 11) is 1.87. The van der Waals surface area contributed by atoms with E-state index in [9.17, 15) is 15.3 Å². The Hall–Kier alpha value is -3.18. The first kappa shape index (κ1) is 22.6. The first-order valence-corrected chi connectivity index (χ1v) is 11.9. The summed E-state index contributed by atoms with van der Waals surface area (Å²) in [5, 5.41) is 35.4. The Morgan fingerprint density at radius 3 is 2.68 bits per heavy atom. The van der Waals surface area contributed by atoms with Gasteiger partial charge in [-0.2, -0.15) is 4.98 Å². The molecule has 4 aromatic rings. The van der Waals surface area contributed by atoms with Gasteiger partial charge in [-0.1, -0.05) is 18.2 Å². The Morgan fingerprint density at radius 2 is 1.97 bits per heavy atom. The van der Waals surface area contributed by atoms with Crippen molar-refractivity contribution in [3.63, 3.8) is 0 Å². The van der Waals surface area contributed by atoms with E-state index in [-0.39, 0.29) is 13.0 Å². The molecule has 0 amide bonds. The fraction of sp³-hybridized carbons (Fsp3) is 0.333. The van der Waals surface area contributed by atoms with Gasteiger partial charge < -0.3 is 25.5 Å². The molecule has 1 fully saturated rings. The molecule has 3 atom stereocenters. The highest BCUT2D eigenvalue weighted by Crippen LogP contribution is 2.41. The zero-order valence-corrected chi connectivity index (χ0v) is 19.7. The number of nitrogens with zero attached hydrogens (tertiary/aromatic N) is 5. The van der Waals surface area contributed by atoms with E-state index in [2.05, 4.69) is 10.3 Å². The molecule has 0 bridgehead atoms. The number of aromatic nitrogens is 4. The van der Waals surface area contributed by atoms with Crippen LogP contribution in [0, 0.1) is 12.8 Å². The number of para-hydroxylation sites is 1. The monoisotopic (exact) mass is 478 g/mol. The van der Waals surface area contributed by atoms with E-state index in [0.717, 1.165) is 15.9 Å². The van der Waals surface area contributed by atoms with Crippen molar-refractivity contribution >= 4 is 39.0 Å². The van der Waals surface area contributed by atoms with Gasteiger partial charge >= 0.3 is 0 Å². The minimum absolute atomic E-state index is 0.201. The van der Waals surface area contributed by atoms with Crippen LogP contribution in [0.3, 0.4) is 0 Å². The van der Waals surface area contributed by atoms with Gasteiger partial charge in [0.25, 0.3) is 0 Å². The van der Waals surface area contributed by atoms with Crippen molar-refractivity contribution in [2.24, 2.45) is 5.92 Å². The van der Waals surface area contributed by atoms with Gasteiger partial charge in [-0.15, -0.1) is 11.3 Å². The van der Waals surface area contributed by atoms with Crippen LogP contribution >= 0.6 is 11.3 Å². The summed E-state index contributed by atoms with van der Waals surface area (Å²) in [4.78, 5) is 20.2. The molecule has 176 valence electrons. The summed E-state index contributed by atoms with van der Waals surface area (Å²) in [5.74, 6) is 0.397. The average Bonchev–Trinajstić information content (AvgIpc) is 3.39. The van der Waals surface area contributed by atoms with Crippen LogP contribution in [0.4, 0.5) is 17.5 Å². The molecule has 1 aliphatic carbocycles. The number of hydrogen-bond acceptors (Lipinski definition) is 10. The number of aliphatic hydroxyl groups is 3. The van der Waals surface area contributed by atoms with Gasteiger partial charge in [0, 0.05) is 31.5 Å². The summed E-state index contributed by atoms with van der Waals surface area (Å²) < 4.78 is 0.973. The second-order valence-electron chi connectivity index (χ2n) is 8.57. The van der Waals surface area contributed by atoms with Gasteiger partial charge in [0.15, 0.2) is 5.72 Å². The van der Waals surface area contributed by atoms with Crippen molar-refractivity contribution in [2.45, 2.75) is 31.6 Å². The number of fused-ring (bicyclic) bond motifs is 1. The van der Waals surface area contributed by atoms with Crippen molar-refractivity contribution in [1.29, 1.82) is 0 Å². The number of anilines is 3. The molecule has 1 saturated carbocycles. The molecule has 3 aromatic heterocycles. The fourth-order valence-corrected chi connectivity index (χ4v) is 5.37. The molecule has 5 rings (SSSR count). The summed E-state index contributed by atoms with van der Waals surface area (Å²) in [6.07, 6.45) is 3.04. The lowest BCUT2D eigenvalue weighted by molar-refractivity contribution is -0.0545. The predicted molar refractivity (Wildman–Crippen MR) is 132 cm³/mol. The summed E-state index contributed by atoms with van der Waals surface area (Å²) in [6, 6.07) is 11.6. The molecule has 4 N–H and O–H groups in total. The molecule has 0 spiro atoms. The van der Waals surface area contributed by atoms with Gasteiger partial charge in [-0.25, -0.2) is 9.97 Å². The van der Waals surface area contributed by atoms with Crippen molar-refractivity contribution in [3.8, 4) is 10.6 Å². The Kier molecular flexibility index (Phi) is 5.90. The molecular weight excluding hydrogens is 452 g/mol. The van der Waals surface area contributed by atoms with Gasteiger partial charge in [0.05, 0.1) is 22.2 Å². The molecule has 1 aliphatic rings. The summed E-state index contributed by atoms with van der Waals surface area (Å²) in [5.41, 5.74) is 1.37. The number of hydrogen-bond donors (Lipinski definition) is 4. The van der Waals surface area contributed by atoms with E-state index >= 15 is 0 Å². The second kappa shape index (κ2) is 8.88. The minimum Gasteiger partial charge on any atom is -0.396 e. The SMILES string of the molecule is Cc1nc(N(C)c2ccccc2)nc(N[C@@]2(O)CC[C@H](CO)[C@H]2O)c1-c1nc2cnccc2s1. The van der Waals surface area contributed by atoms with Crippen molar-refractivity contribution in [3.05, 3.63) is 54.5 Å². The second-order valence-corrected chi connectivity index (χ2v) is 9.60. The van der Waals surface area contributed by atoms with Crippen molar-refractivity contribution in [2.75, 3.05) is 23.9 Å². The third-order valence-corrected chi connectivity index (χ3v) is 7.38. The van der Waals surface area contributed by atoms with Gasteiger partial charge in [0.2, 0.25) is 5.95 Å². The average molecular weight is 479 g/mol. The molecule has 1 aromatic carbocycles. The van der Waals surface area contributed by atoms with E-state index in [1.807, 2.05) is 55.3 Å². The third-order valence-electron chi connectivity index (χ3n) is 6.33. The Balaban J connectivity index is 1.63. The van der Waals surface area contributed by atoms with Gasteiger partial charge in [-0.3, -0.25) is 4.98 Å². The highest BCUT2D eigenvalue weighted by Gasteiger charge is 2.47. The number of nitrogens with one attached hydrogen (secondary N) is 1. The van der Waals surface area contributed by atoms with Crippen LogP contribution in [-0.2, 0) is 0 Å². The lowest BCUT2D eigenvalue weighted by Crippen LogP contribution is -2.48. The summed E-state index contributed by atoms with van der Waals surface area (Å²) >= 11 is 1.48. The van der Waals surface area contributed by atoms with Crippen molar-refractivity contribution in [1.82, 2.24) is 19.9 Å². The number of pyridine rings is 1. The number of rotatable bonds is 6. The van der Waals surface area contributed by atoms with Crippen LogP contribution in [-0.4, -0.2) is 60.7 Å². The molecule has 0 unspecified atom stereocenters. The van der Waals surface area contributed by atoms with Crippen LogP contribution in [0.25, 0.3) is 20.8 Å². The topological polar surface area (TPSA) is 128 Å². The zero-order chi connectivity index (χ0) is 23.9. The third kappa shape index (κ3) is 3.98. The lowest BCUT2D eigenvalue weighted by Gasteiger charge is -2.31. The highest BCUT2D eigenvalue weighted by molar-refractivity contribution is 7.21. The lowest BCUT2D eigenvalue weighted by atomic mass is 10.0. The molecule has 3 heterocycles. The van der Waals surface area contributed by atoms with E-state index in [1.54, 1.807) is 12.4 Å². The molecule has 34 heavy (non-hydrogen) atoms. The number of aliphatic hydroxyl groups excluding tert-OH is 2. The molecule has 9 nitrogen and oxygen atoms in total. The zero-order valence-electron chi connectivity index (χ0n) is 18.9. The quantitative estimate of drug-likeness (QED) is 0.309. The van der Waals surface area contributed by atoms with Crippen LogP contribution < -0.4 is 10.2 Å². The van der Waals surface area contributed by atoms with Crippen LogP contribution in [0.5, 0.6) is 0 Å². The normalized spacial score (nSPS) is 22.3. The molecule has 0 radical (unpaired) electrons. The van der Waals surface area contributed by atoms with E-state index in [1.165, 1.54) is 11.3 Å². The van der Waals surface area contributed by atoms with Crippen LogP contribution in [0.1, 0.15) is 18.5 Å². The van der Waals surface area contributed by atoms with Crippen LogP contribution in [0.15, 0.2) is 48.8 Å². The molecule has 0 saturated heterocycles. The molecule has 10 heteroatoms. The van der Waals surface area contributed by atoms with Crippen molar-refractivity contribution < 1.29 is 15.3 Å². The van der Waals surface area contributed by atoms with E-state index in [0.29, 0.717) is 34.5 Å². The first-order valence-electron chi connectivity index (χ1n) is 11.1. The smallest absolute Gasteiger partial charge is 0.231 e. The molecular formula is C24H26N6O3S. The number of thiazole rings is 1. The Labute approximate surface area is 200 Å². The van der Waals surface area contributed by atoms with Gasteiger partial charge in [0.1, 0.15) is 22.4 Å². The van der Waals surface area contributed by atoms with Gasteiger partial charge in [-0.05, 0) is 38.0 Å². The number of aryl methyl sites for hydroxylation is 1. The maximum absolute atomic E-state index is 11.3. The Bertz CT molecular complexity index is 1280. The largest absolute Gasteiger partial charge is 0.396 e.